The molecule has 108 valence electrons. The highest BCUT2D eigenvalue weighted by atomic mass is 19.1. The van der Waals surface area contributed by atoms with Gasteiger partial charge in [0.05, 0.1) is 18.1 Å². The van der Waals surface area contributed by atoms with Crippen LogP contribution in [0.25, 0.3) is 22.1 Å². The van der Waals surface area contributed by atoms with E-state index < -0.39 is 5.63 Å². The summed E-state index contributed by atoms with van der Waals surface area (Å²) in [4.78, 5) is 12.2. The van der Waals surface area contributed by atoms with Gasteiger partial charge in [-0.2, -0.15) is 5.26 Å². The van der Waals surface area contributed by atoms with Gasteiger partial charge in [0.2, 0.25) is 0 Å². The molecule has 3 nitrogen and oxygen atoms in total. The summed E-state index contributed by atoms with van der Waals surface area (Å²) in [5, 5.41) is 9.72. The highest BCUT2D eigenvalue weighted by molar-refractivity contribution is 5.95. The predicted octanol–water partition coefficient (Wildman–Crippen LogP) is 3.97. The molecule has 22 heavy (non-hydrogen) atoms. The van der Waals surface area contributed by atoms with Gasteiger partial charge in [0.25, 0.3) is 0 Å². The number of nitriles is 1. The highest BCUT2D eigenvalue weighted by Gasteiger charge is 2.16. The fourth-order valence-corrected chi connectivity index (χ4v) is 2.53. The lowest BCUT2D eigenvalue weighted by Crippen LogP contribution is -2.09. The van der Waals surface area contributed by atoms with Crippen molar-refractivity contribution >= 4 is 11.0 Å². The maximum absolute atomic E-state index is 13.2. The summed E-state index contributed by atoms with van der Waals surface area (Å²) in [5.74, 6) is -0.353. The van der Waals surface area contributed by atoms with Crippen molar-refractivity contribution < 1.29 is 8.81 Å². The van der Waals surface area contributed by atoms with Gasteiger partial charge >= 0.3 is 5.63 Å². The first-order valence-corrected chi connectivity index (χ1v) is 6.79. The van der Waals surface area contributed by atoms with Crippen LogP contribution in [0.5, 0.6) is 0 Å². The van der Waals surface area contributed by atoms with Gasteiger partial charge in [-0.25, -0.2) is 9.18 Å². The van der Waals surface area contributed by atoms with Crippen molar-refractivity contribution in [1.29, 1.82) is 5.26 Å². The Morgan fingerprint density at radius 1 is 1.18 bits per heavy atom. The van der Waals surface area contributed by atoms with E-state index in [4.69, 9.17) is 9.68 Å². The Morgan fingerprint density at radius 2 is 1.91 bits per heavy atom. The molecule has 0 atom stereocenters. The molecule has 0 fully saturated rings. The Balaban J connectivity index is 2.42. The fraction of sp³-hybridized carbons (Fsp3) is 0.111. The highest BCUT2D eigenvalue weighted by Crippen LogP contribution is 2.31. The number of hydrogen-bond donors (Lipinski definition) is 0. The SMILES string of the molecule is Cc1ccc2c(-c3ccc(F)cc3)c(CC#N)c(=O)oc2c1. The van der Waals surface area contributed by atoms with Crippen LogP contribution in [0.15, 0.2) is 51.7 Å². The second-order valence-electron chi connectivity index (χ2n) is 5.08. The van der Waals surface area contributed by atoms with E-state index in [2.05, 4.69) is 0 Å². The molecule has 2 aromatic carbocycles. The zero-order valence-electron chi connectivity index (χ0n) is 11.9. The molecule has 0 spiro atoms. The topological polar surface area (TPSA) is 54.0 Å². The van der Waals surface area contributed by atoms with E-state index in [1.807, 2.05) is 25.1 Å². The summed E-state index contributed by atoms with van der Waals surface area (Å²) in [6.07, 6.45) is -0.0567. The van der Waals surface area contributed by atoms with Crippen LogP contribution in [-0.2, 0) is 6.42 Å². The number of halogens is 1. The maximum Gasteiger partial charge on any atom is 0.341 e. The largest absolute Gasteiger partial charge is 0.422 e. The molecule has 0 saturated carbocycles. The summed E-state index contributed by atoms with van der Waals surface area (Å²) in [6.45, 7) is 1.90. The molecule has 1 aromatic heterocycles. The van der Waals surface area contributed by atoms with E-state index >= 15 is 0 Å². The van der Waals surface area contributed by atoms with E-state index in [9.17, 15) is 9.18 Å². The first kappa shape index (κ1) is 14.0. The van der Waals surface area contributed by atoms with Crippen LogP contribution in [-0.4, -0.2) is 0 Å². The average Bonchev–Trinajstić information content (AvgIpc) is 2.49. The molecular formula is C18H12FNO2. The first-order chi connectivity index (χ1) is 10.6. The summed E-state index contributed by atoms with van der Waals surface area (Å²) in [6, 6.07) is 13.4. The standard InChI is InChI=1S/C18H12FNO2/c1-11-2-7-14-16(10-11)22-18(21)15(8-9-20)17(14)12-3-5-13(19)6-4-12/h2-7,10H,8H2,1H3. The average molecular weight is 293 g/mol. The predicted molar refractivity (Wildman–Crippen MR) is 81.9 cm³/mol. The molecular weight excluding hydrogens is 281 g/mol. The smallest absolute Gasteiger partial charge is 0.341 e. The van der Waals surface area contributed by atoms with Gasteiger partial charge in [-0.3, -0.25) is 0 Å². The van der Waals surface area contributed by atoms with Crippen molar-refractivity contribution in [3.8, 4) is 17.2 Å². The van der Waals surface area contributed by atoms with Crippen LogP contribution in [0.4, 0.5) is 4.39 Å². The molecule has 0 saturated heterocycles. The van der Waals surface area contributed by atoms with Crippen molar-refractivity contribution in [2.45, 2.75) is 13.3 Å². The number of aryl methyl sites for hydroxylation is 1. The van der Waals surface area contributed by atoms with E-state index in [1.54, 1.807) is 18.2 Å². The molecule has 3 aromatic rings. The van der Waals surface area contributed by atoms with Crippen molar-refractivity contribution in [2.24, 2.45) is 0 Å². The van der Waals surface area contributed by atoms with E-state index in [0.29, 0.717) is 22.3 Å². The minimum atomic E-state index is -0.529. The normalized spacial score (nSPS) is 10.6. The number of hydrogen-bond acceptors (Lipinski definition) is 3. The lowest BCUT2D eigenvalue weighted by Gasteiger charge is -2.10. The molecule has 0 aliphatic carbocycles. The Bertz CT molecular complexity index is 950. The number of benzene rings is 2. The molecule has 0 bridgehead atoms. The minimum absolute atomic E-state index is 0.0567. The van der Waals surface area contributed by atoms with Crippen LogP contribution in [0.2, 0.25) is 0 Å². The number of nitrogens with zero attached hydrogens (tertiary/aromatic N) is 1. The molecule has 0 unspecified atom stereocenters. The Labute approximate surface area is 126 Å². The molecule has 1 heterocycles. The van der Waals surface area contributed by atoms with Gasteiger partial charge in [-0.05, 0) is 36.2 Å². The third-order valence-corrected chi connectivity index (χ3v) is 3.55. The van der Waals surface area contributed by atoms with Gasteiger partial charge in [-0.15, -0.1) is 0 Å². The summed E-state index contributed by atoms with van der Waals surface area (Å²) in [7, 11) is 0. The van der Waals surface area contributed by atoms with Gasteiger partial charge in [-0.1, -0.05) is 24.3 Å². The van der Waals surface area contributed by atoms with Crippen molar-refractivity contribution in [1.82, 2.24) is 0 Å². The molecule has 0 aliphatic heterocycles. The van der Waals surface area contributed by atoms with Gasteiger partial charge in [0.1, 0.15) is 11.4 Å². The van der Waals surface area contributed by atoms with E-state index in [0.717, 1.165) is 10.9 Å². The van der Waals surface area contributed by atoms with Crippen molar-refractivity contribution in [3.63, 3.8) is 0 Å². The fourth-order valence-electron chi connectivity index (χ4n) is 2.53. The van der Waals surface area contributed by atoms with Crippen LogP contribution in [0, 0.1) is 24.1 Å². The second-order valence-corrected chi connectivity index (χ2v) is 5.08. The molecule has 3 rings (SSSR count). The van der Waals surface area contributed by atoms with Crippen LogP contribution in [0.3, 0.4) is 0 Å². The molecule has 0 aliphatic rings. The molecule has 4 heteroatoms. The second kappa shape index (κ2) is 5.45. The van der Waals surface area contributed by atoms with Crippen LogP contribution in [0.1, 0.15) is 11.1 Å². The zero-order valence-corrected chi connectivity index (χ0v) is 11.9. The third kappa shape index (κ3) is 2.38. The van der Waals surface area contributed by atoms with Crippen molar-refractivity contribution in [2.75, 3.05) is 0 Å². The van der Waals surface area contributed by atoms with Gasteiger partial charge in [0.15, 0.2) is 0 Å². The Hall–Kier alpha value is -2.93. The van der Waals surface area contributed by atoms with Gasteiger partial charge in [0, 0.05) is 10.9 Å². The lowest BCUT2D eigenvalue weighted by atomic mass is 9.95. The maximum atomic E-state index is 13.2. The quantitative estimate of drug-likeness (QED) is 0.672. The monoisotopic (exact) mass is 293 g/mol. The zero-order chi connectivity index (χ0) is 15.7. The lowest BCUT2D eigenvalue weighted by molar-refractivity contribution is 0.553. The molecule has 0 N–H and O–H groups in total. The van der Waals surface area contributed by atoms with Crippen LogP contribution >= 0.6 is 0 Å². The van der Waals surface area contributed by atoms with Crippen LogP contribution < -0.4 is 5.63 Å². The van der Waals surface area contributed by atoms with Crippen molar-refractivity contribution in [3.05, 3.63) is 69.8 Å². The molecule has 0 amide bonds. The minimum Gasteiger partial charge on any atom is -0.422 e. The number of rotatable bonds is 2. The third-order valence-electron chi connectivity index (χ3n) is 3.55. The summed E-state index contributed by atoms with van der Waals surface area (Å²) >= 11 is 0. The van der Waals surface area contributed by atoms with E-state index in [-0.39, 0.29) is 12.2 Å². The van der Waals surface area contributed by atoms with E-state index in [1.165, 1.54) is 12.1 Å². The van der Waals surface area contributed by atoms with Gasteiger partial charge < -0.3 is 4.42 Å². The molecule has 0 radical (unpaired) electrons. The number of fused-ring (bicyclic) bond motifs is 1. The first-order valence-electron chi connectivity index (χ1n) is 6.79. The summed E-state index contributed by atoms with van der Waals surface area (Å²) in [5.41, 5.74) is 2.52. The Kier molecular flexibility index (Phi) is 3.48. The summed E-state index contributed by atoms with van der Waals surface area (Å²) < 4.78 is 18.5. The Morgan fingerprint density at radius 3 is 2.59 bits per heavy atom.